The first-order valence-electron chi connectivity index (χ1n) is 11.9. The van der Waals surface area contributed by atoms with Crippen LogP contribution in [-0.4, -0.2) is 26.5 Å². The quantitative estimate of drug-likeness (QED) is 0.321. The van der Waals surface area contributed by atoms with Gasteiger partial charge in [-0.25, -0.2) is 14.2 Å². The van der Waals surface area contributed by atoms with Crippen LogP contribution in [0.15, 0.2) is 66.7 Å². The number of aromatic carboxylic acids is 1. The molecule has 1 amide bonds. The number of benzene rings is 3. The Hall–Kier alpha value is -3.71. The lowest BCUT2D eigenvalue weighted by atomic mass is 9.85. The number of aromatic nitrogens is 2. The van der Waals surface area contributed by atoms with E-state index in [1.165, 1.54) is 31.2 Å². The van der Waals surface area contributed by atoms with Crippen molar-refractivity contribution in [3.05, 3.63) is 83.1 Å². The predicted molar refractivity (Wildman–Crippen MR) is 138 cm³/mol. The molecule has 0 aliphatic heterocycles. The topological polar surface area (TPSA) is 75.4 Å². The summed E-state index contributed by atoms with van der Waals surface area (Å²) in [7, 11) is 0. The summed E-state index contributed by atoms with van der Waals surface area (Å²) >= 11 is 6.15. The molecule has 0 atom stereocenters. The molecule has 0 saturated heterocycles. The van der Waals surface area contributed by atoms with E-state index in [9.17, 15) is 19.1 Å². The van der Waals surface area contributed by atoms with Gasteiger partial charge in [0, 0.05) is 29.3 Å². The van der Waals surface area contributed by atoms with E-state index in [1.807, 2.05) is 12.1 Å². The molecule has 3 aromatic carbocycles. The summed E-state index contributed by atoms with van der Waals surface area (Å²) in [5, 5.41) is 9.95. The summed E-state index contributed by atoms with van der Waals surface area (Å²) in [5.41, 5.74) is 1.93. The number of imidazole rings is 1. The van der Waals surface area contributed by atoms with Crippen LogP contribution >= 0.6 is 11.6 Å². The van der Waals surface area contributed by atoms with Crippen LogP contribution in [0.1, 0.15) is 49.4 Å². The summed E-state index contributed by atoms with van der Waals surface area (Å²) in [6.07, 6.45) is 4.13. The number of carbonyl (C=O) groups is 2. The van der Waals surface area contributed by atoms with Crippen LogP contribution < -0.4 is 4.90 Å². The average molecular weight is 506 g/mol. The molecule has 0 spiro atoms. The second-order valence-electron chi connectivity index (χ2n) is 9.16. The van der Waals surface area contributed by atoms with Gasteiger partial charge in [-0.05, 0) is 86.3 Å². The van der Waals surface area contributed by atoms with Crippen molar-refractivity contribution in [1.82, 2.24) is 9.55 Å². The number of anilines is 1. The highest BCUT2D eigenvalue weighted by Gasteiger charge is 2.44. The summed E-state index contributed by atoms with van der Waals surface area (Å²) in [5.74, 6) is -0.982. The van der Waals surface area contributed by atoms with Crippen LogP contribution in [0, 0.1) is 5.82 Å². The van der Waals surface area contributed by atoms with Crippen molar-refractivity contribution < 1.29 is 19.1 Å². The highest BCUT2D eigenvalue weighted by Crippen LogP contribution is 2.45. The fourth-order valence-electron chi connectivity index (χ4n) is 5.40. The fraction of sp³-hybridized carbons (Fsp3) is 0.250. The molecule has 8 heteroatoms. The number of fused-ring (bicyclic) bond motifs is 1. The molecule has 1 fully saturated rings. The van der Waals surface area contributed by atoms with E-state index in [0.29, 0.717) is 34.9 Å². The van der Waals surface area contributed by atoms with Crippen molar-refractivity contribution in [3.8, 4) is 11.4 Å². The van der Waals surface area contributed by atoms with Crippen molar-refractivity contribution >= 4 is 40.2 Å². The number of hydrogen-bond donors (Lipinski definition) is 1. The largest absolute Gasteiger partial charge is 0.478 e. The number of carbonyl (C=O) groups excluding carboxylic acids is 1. The van der Waals surface area contributed by atoms with Gasteiger partial charge in [0.05, 0.1) is 16.6 Å². The molecular formula is C28H25ClFN3O3. The highest BCUT2D eigenvalue weighted by molar-refractivity contribution is 6.30. The molecule has 1 aliphatic carbocycles. The SMILES string of the molecule is CC(=O)N(c1ccc(C(=O)O)cc1)C1(n2c(-c3ccc(Cl)cc3)nc3cc(F)ccc32)CCCCC1. The molecule has 1 aliphatic rings. The van der Waals surface area contributed by atoms with Crippen LogP contribution in [0.3, 0.4) is 0 Å². The molecule has 184 valence electrons. The maximum atomic E-state index is 14.2. The summed E-state index contributed by atoms with van der Waals surface area (Å²) < 4.78 is 16.3. The second-order valence-corrected chi connectivity index (χ2v) is 9.60. The molecule has 1 heterocycles. The Kier molecular flexibility index (Phi) is 6.26. The summed E-state index contributed by atoms with van der Waals surface area (Å²) in [6, 6.07) is 18.2. The van der Waals surface area contributed by atoms with Gasteiger partial charge in [-0.1, -0.05) is 18.0 Å². The first-order chi connectivity index (χ1) is 17.3. The van der Waals surface area contributed by atoms with Gasteiger partial charge in [-0.2, -0.15) is 0 Å². The van der Waals surface area contributed by atoms with Crippen LogP contribution in [0.4, 0.5) is 10.1 Å². The lowest BCUT2D eigenvalue weighted by Gasteiger charge is -2.48. The third kappa shape index (κ3) is 4.13. The number of hydrogen-bond acceptors (Lipinski definition) is 3. The zero-order valence-electron chi connectivity index (χ0n) is 19.7. The molecule has 0 unspecified atom stereocenters. The zero-order valence-corrected chi connectivity index (χ0v) is 20.5. The van der Waals surface area contributed by atoms with Crippen molar-refractivity contribution in [2.45, 2.75) is 44.7 Å². The maximum Gasteiger partial charge on any atom is 0.335 e. The minimum Gasteiger partial charge on any atom is -0.478 e. The normalized spacial score (nSPS) is 15.1. The van der Waals surface area contributed by atoms with E-state index in [0.717, 1.165) is 30.3 Å². The van der Waals surface area contributed by atoms with E-state index < -0.39 is 11.6 Å². The number of halogens is 2. The second kappa shape index (κ2) is 9.39. The first kappa shape index (κ1) is 24.0. The Bertz CT molecular complexity index is 1440. The standard InChI is InChI=1S/C28H25ClFN3O3/c1-18(34)32(23-12-7-20(8-13-23)27(35)36)28(15-3-2-4-16-28)33-25-14-11-22(30)17-24(25)31-26(33)19-5-9-21(29)10-6-19/h5-14,17H,2-4,15-16H2,1H3,(H,35,36). The number of carboxylic acids is 1. The highest BCUT2D eigenvalue weighted by atomic mass is 35.5. The Morgan fingerprint density at radius 1 is 1.00 bits per heavy atom. The molecule has 5 rings (SSSR count). The Morgan fingerprint density at radius 3 is 2.28 bits per heavy atom. The van der Waals surface area contributed by atoms with Crippen LogP contribution in [0.5, 0.6) is 0 Å². The fourth-order valence-corrected chi connectivity index (χ4v) is 5.53. The molecule has 1 saturated carbocycles. The van der Waals surface area contributed by atoms with Crippen LogP contribution in [-0.2, 0) is 10.5 Å². The van der Waals surface area contributed by atoms with Gasteiger partial charge in [0.2, 0.25) is 5.91 Å². The lowest BCUT2D eigenvalue weighted by Crippen LogP contribution is -2.54. The number of carboxylic acid groups (broad SMARTS) is 1. The first-order valence-corrected chi connectivity index (χ1v) is 12.3. The molecular weight excluding hydrogens is 481 g/mol. The van der Waals surface area contributed by atoms with E-state index in [-0.39, 0.29) is 17.3 Å². The summed E-state index contributed by atoms with van der Waals surface area (Å²) in [4.78, 5) is 31.4. The molecule has 1 N–H and O–H groups in total. The smallest absolute Gasteiger partial charge is 0.335 e. The maximum absolute atomic E-state index is 14.2. The van der Waals surface area contributed by atoms with Gasteiger partial charge >= 0.3 is 5.97 Å². The zero-order chi connectivity index (χ0) is 25.4. The van der Waals surface area contributed by atoms with Crippen molar-refractivity contribution in [2.75, 3.05) is 4.90 Å². The van der Waals surface area contributed by atoms with Gasteiger partial charge in [-0.3, -0.25) is 14.3 Å². The molecule has 0 bridgehead atoms. The summed E-state index contributed by atoms with van der Waals surface area (Å²) in [6.45, 7) is 1.52. The van der Waals surface area contributed by atoms with E-state index in [4.69, 9.17) is 16.6 Å². The van der Waals surface area contributed by atoms with Gasteiger partial charge in [0.25, 0.3) is 0 Å². The monoisotopic (exact) mass is 505 g/mol. The minimum absolute atomic E-state index is 0.144. The van der Waals surface area contributed by atoms with Crippen molar-refractivity contribution in [2.24, 2.45) is 0 Å². The third-order valence-electron chi connectivity index (χ3n) is 6.89. The molecule has 6 nitrogen and oxygen atoms in total. The Labute approximate surface area is 212 Å². The van der Waals surface area contributed by atoms with Crippen molar-refractivity contribution in [1.29, 1.82) is 0 Å². The van der Waals surface area contributed by atoms with Crippen LogP contribution in [0.25, 0.3) is 22.4 Å². The van der Waals surface area contributed by atoms with Gasteiger partial charge in [0.1, 0.15) is 17.3 Å². The van der Waals surface area contributed by atoms with Crippen molar-refractivity contribution in [3.63, 3.8) is 0 Å². The molecule has 4 aromatic rings. The van der Waals surface area contributed by atoms with Gasteiger partial charge in [0.15, 0.2) is 0 Å². The molecule has 1 aromatic heterocycles. The number of amides is 1. The Morgan fingerprint density at radius 2 is 1.67 bits per heavy atom. The van der Waals surface area contributed by atoms with Crippen LogP contribution in [0.2, 0.25) is 5.02 Å². The van der Waals surface area contributed by atoms with Gasteiger partial charge in [-0.15, -0.1) is 0 Å². The third-order valence-corrected chi connectivity index (χ3v) is 7.15. The lowest BCUT2D eigenvalue weighted by molar-refractivity contribution is -0.119. The Balaban J connectivity index is 1.80. The predicted octanol–water partition coefficient (Wildman–Crippen LogP) is 6.86. The average Bonchev–Trinajstić information content (AvgIpc) is 3.24. The number of rotatable bonds is 5. The van der Waals surface area contributed by atoms with Gasteiger partial charge < -0.3 is 5.11 Å². The van der Waals surface area contributed by atoms with E-state index in [1.54, 1.807) is 35.2 Å². The van der Waals surface area contributed by atoms with E-state index in [2.05, 4.69) is 4.57 Å². The minimum atomic E-state index is -1.03. The molecule has 36 heavy (non-hydrogen) atoms. The number of nitrogens with zero attached hydrogens (tertiary/aromatic N) is 3. The molecule has 0 radical (unpaired) electrons. The van der Waals surface area contributed by atoms with E-state index >= 15 is 0 Å².